The van der Waals surface area contributed by atoms with Crippen LogP contribution >= 0.6 is 0 Å². The third-order valence-electron chi connectivity index (χ3n) is 10.8. The summed E-state index contributed by atoms with van der Waals surface area (Å²) in [5.41, 5.74) is -4.95. The van der Waals surface area contributed by atoms with Crippen LogP contribution in [0.2, 0.25) is 0 Å². The average molecular weight is 758 g/mol. The zero-order valence-corrected chi connectivity index (χ0v) is 31.3. The van der Waals surface area contributed by atoms with Crippen molar-refractivity contribution in [1.82, 2.24) is 4.98 Å². The number of hydrogen-bond donors (Lipinski definition) is 0. The molecule has 2 aromatic carbocycles. The molecule has 9 atom stereocenters. The molecule has 290 valence electrons. The van der Waals surface area contributed by atoms with E-state index in [0.29, 0.717) is 0 Å². The normalized spacial score (nSPS) is 30.1. The van der Waals surface area contributed by atoms with E-state index in [1.807, 2.05) is 0 Å². The average Bonchev–Trinajstić information content (AvgIpc) is 3.34. The summed E-state index contributed by atoms with van der Waals surface area (Å²) in [5.74, 6) is -6.63. The molecule has 3 aliphatic rings. The van der Waals surface area contributed by atoms with Crippen molar-refractivity contribution in [2.45, 2.75) is 89.7 Å². The van der Waals surface area contributed by atoms with Crippen molar-refractivity contribution in [3.05, 3.63) is 102 Å². The van der Waals surface area contributed by atoms with Crippen molar-refractivity contribution in [2.75, 3.05) is 6.61 Å². The summed E-state index contributed by atoms with van der Waals surface area (Å²) in [7, 11) is 0. The van der Waals surface area contributed by atoms with Crippen LogP contribution in [-0.2, 0) is 47.5 Å². The minimum Gasteiger partial charge on any atom is -0.465 e. The number of fused-ring (bicyclic) bond motifs is 1. The van der Waals surface area contributed by atoms with Crippen LogP contribution in [0.25, 0.3) is 0 Å². The fourth-order valence-electron chi connectivity index (χ4n) is 8.87. The quantitative estimate of drug-likeness (QED) is 0.205. The Labute approximate surface area is 317 Å². The summed E-state index contributed by atoms with van der Waals surface area (Å²) < 4.78 is 44.3. The van der Waals surface area contributed by atoms with Crippen molar-refractivity contribution in [1.29, 1.82) is 0 Å². The lowest BCUT2D eigenvalue weighted by Gasteiger charge is -2.64. The first-order valence-electron chi connectivity index (χ1n) is 17.9. The number of rotatable bonds is 10. The van der Waals surface area contributed by atoms with Gasteiger partial charge < -0.3 is 33.2 Å². The Kier molecular flexibility index (Phi) is 10.8. The maximum absolute atomic E-state index is 14.3. The second kappa shape index (κ2) is 15.2. The van der Waals surface area contributed by atoms with Crippen molar-refractivity contribution in [2.24, 2.45) is 17.3 Å². The van der Waals surface area contributed by atoms with E-state index in [1.54, 1.807) is 57.2 Å². The van der Waals surface area contributed by atoms with Gasteiger partial charge in [-0.3, -0.25) is 19.4 Å². The lowest BCUT2D eigenvalue weighted by Crippen LogP contribution is -2.81. The number of ether oxygens (including phenoxy) is 7. The SMILES string of the molecule is CC(=O)OCC12C(OC(=O)c3ccccc3)C(OC(C)=O)CC(C)C13OC(C)(C)C(C(OC(=O)c1cccnc1)C2OC(=O)c1ccccc1)C3OC(C)=O. The van der Waals surface area contributed by atoms with Crippen molar-refractivity contribution >= 4 is 35.8 Å². The van der Waals surface area contributed by atoms with Gasteiger partial charge in [0.05, 0.1) is 28.2 Å². The second-order valence-electron chi connectivity index (χ2n) is 14.7. The van der Waals surface area contributed by atoms with Crippen molar-refractivity contribution < 1.29 is 61.9 Å². The van der Waals surface area contributed by atoms with E-state index >= 15 is 0 Å². The molecular weight excluding hydrogens is 714 g/mol. The zero-order valence-electron chi connectivity index (χ0n) is 31.3. The van der Waals surface area contributed by atoms with E-state index in [9.17, 15) is 28.8 Å². The van der Waals surface area contributed by atoms with E-state index < -0.39 is 101 Å². The fourth-order valence-corrected chi connectivity index (χ4v) is 8.87. The Hall–Kier alpha value is -5.63. The molecule has 2 aliphatic carbocycles. The minimum absolute atomic E-state index is 0.00576. The number of benzene rings is 2. The lowest BCUT2D eigenvalue weighted by molar-refractivity contribution is -0.326. The number of carbonyl (C=O) groups is 6. The highest BCUT2D eigenvalue weighted by Crippen LogP contribution is 2.68. The summed E-state index contributed by atoms with van der Waals surface area (Å²) >= 11 is 0. The highest BCUT2D eigenvalue weighted by atomic mass is 16.6. The van der Waals surface area contributed by atoms with Crippen LogP contribution in [0.4, 0.5) is 0 Å². The first kappa shape index (κ1) is 39.1. The highest BCUT2D eigenvalue weighted by molar-refractivity contribution is 5.91. The van der Waals surface area contributed by atoms with Crippen LogP contribution < -0.4 is 0 Å². The summed E-state index contributed by atoms with van der Waals surface area (Å²) in [6.45, 7) is 8.03. The molecule has 3 fully saturated rings. The third kappa shape index (κ3) is 7.06. The van der Waals surface area contributed by atoms with Gasteiger partial charge in [0.1, 0.15) is 35.9 Å². The van der Waals surface area contributed by atoms with Gasteiger partial charge in [-0.25, -0.2) is 14.4 Å². The van der Waals surface area contributed by atoms with Crippen molar-refractivity contribution in [3.63, 3.8) is 0 Å². The largest absolute Gasteiger partial charge is 0.465 e. The lowest BCUT2D eigenvalue weighted by atomic mass is 9.47. The Morgan fingerprint density at radius 3 is 1.75 bits per heavy atom. The number of pyridine rings is 1. The summed E-state index contributed by atoms with van der Waals surface area (Å²) in [4.78, 5) is 85.4. The van der Waals surface area contributed by atoms with Crippen LogP contribution in [0, 0.1) is 17.3 Å². The molecule has 0 radical (unpaired) electrons. The van der Waals surface area contributed by atoms with Crippen LogP contribution in [0.3, 0.4) is 0 Å². The van der Waals surface area contributed by atoms with E-state index in [2.05, 4.69) is 4.98 Å². The Morgan fingerprint density at radius 1 is 0.673 bits per heavy atom. The first-order chi connectivity index (χ1) is 26.1. The fraction of sp³-hybridized carbons (Fsp3) is 0.439. The molecule has 1 spiro atoms. The van der Waals surface area contributed by atoms with E-state index in [-0.39, 0.29) is 23.1 Å². The summed E-state index contributed by atoms with van der Waals surface area (Å²) in [6.07, 6.45) is -4.65. The molecule has 1 aliphatic heterocycles. The number of esters is 6. The number of nitrogens with zero attached hydrogens (tertiary/aromatic N) is 1. The van der Waals surface area contributed by atoms with Gasteiger partial charge in [-0.15, -0.1) is 0 Å². The van der Waals surface area contributed by atoms with Gasteiger partial charge >= 0.3 is 35.8 Å². The van der Waals surface area contributed by atoms with Crippen LogP contribution in [0.15, 0.2) is 85.2 Å². The van der Waals surface area contributed by atoms with Gasteiger partial charge in [0.15, 0.2) is 12.2 Å². The topological polar surface area (TPSA) is 180 Å². The van der Waals surface area contributed by atoms with Crippen molar-refractivity contribution in [3.8, 4) is 0 Å². The molecule has 0 amide bonds. The number of hydrogen-bond acceptors (Lipinski definition) is 14. The molecule has 14 heteroatoms. The zero-order chi connectivity index (χ0) is 39.7. The molecule has 0 N–H and O–H groups in total. The van der Waals surface area contributed by atoms with Gasteiger partial charge in [-0.2, -0.15) is 0 Å². The van der Waals surface area contributed by atoms with Gasteiger partial charge in [-0.05, 0) is 62.6 Å². The van der Waals surface area contributed by atoms with Gasteiger partial charge in [-0.1, -0.05) is 43.3 Å². The molecule has 2 heterocycles. The maximum Gasteiger partial charge on any atom is 0.340 e. The molecule has 1 aromatic heterocycles. The Bertz CT molecular complexity index is 1940. The summed E-state index contributed by atoms with van der Waals surface area (Å²) in [6, 6.07) is 19.0. The molecule has 55 heavy (non-hydrogen) atoms. The standard InChI is InChI=1S/C41H43NO13/c1-23-20-30(50-25(3)44)33(53-36(46)27-14-9-7-10-15-27)40(22-49-24(2)43)35(54-37(47)28-16-11-8-12-17-28)32(52-38(48)29-18-13-19-42-21-29)31-34(51-26(4)45)41(23,40)55-39(31,5)6/h7-19,21,23,30-35H,20,22H2,1-6H3. The molecular formula is C41H43NO13. The minimum atomic E-state index is -2.10. The van der Waals surface area contributed by atoms with Gasteiger partial charge in [0, 0.05) is 33.2 Å². The van der Waals surface area contributed by atoms with Gasteiger partial charge in [0.25, 0.3) is 0 Å². The Morgan fingerprint density at radius 2 is 1.22 bits per heavy atom. The molecule has 14 nitrogen and oxygen atoms in total. The van der Waals surface area contributed by atoms with Crippen LogP contribution in [-0.4, -0.2) is 89.1 Å². The molecule has 6 rings (SSSR count). The van der Waals surface area contributed by atoms with Crippen LogP contribution in [0.1, 0.15) is 79.0 Å². The maximum atomic E-state index is 14.3. The van der Waals surface area contributed by atoms with E-state index in [4.69, 9.17) is 33.2 Å². The summed E-state index contributed by atoms with van der Waals surface area (Å²) in [5, 5.41) is 0. The highest BCUT2D eigenvalue weighted by Gasteiger charge is 2.86. The monoisotopic (exact) mass is 757 g/mol. The molecule has 9 unspecified atom stereocenters. The Balaban J connectivity index is 1.68. The number of aromatic nitrogens is 1. The molecule has 1 saturated heterocycles. The predicted molar refractivity (Wildman–Crippen MR) is 190 cm³/mol. The first-order valence-corrected chi connectivity index (χ1v) is 17.9. The molecule has 2 bridgehead atoms. The van der Waals surface area contributed by atoms with E-state index in [0.717, 1.165) is 6.92 Å². The smallest absolute Gasteiger partial charge is 0.340 e. The van der Waals surface area contributed by atoms with E-state index in [1.165, 1.54) is 62.6 Å². The second-order valence-corrected chi connectivity index (χ2v) is 14.7. The third-order valence-corrected chi connectivity index (χ3v) is 10.8. The van der Waals surface area contributed by atoms with Gasteiger partial charge in [0.2, 0.25) is 0 Å². The molecule has 3 aromatic rings. The predicted octanol–water partition coefficient (Wildman–Crippen LogP) is 4.69. The molecule has 2 saturated carbocycles. The number of carbonyl (C=O) groups excluding carboxylic acids is 6. The van der Waals surface area contributed by atoms with Crippen LogP contribution in [0.5, 0.6) is 0 Å².